The number of carbonyl (C=O) groups excluding carboxylic acids is 1. The quantitative estimate of drug-likeness (QED) is 0.749. The van der Waals surface area contributed by atoms with E-state index >= 15 is 0 Å². The van der Waals surface area contributed by atoms with Gasteiger partial charge in [-0.2, -0.15) is 0 Å². The molecule has 1 aliphatic carbocycles. The highest BCUT2D eigenvalue weighted by atomic mass is 16.3. The fourth-order valence-electron chi connectivity index (χ4n) is 3.60. The van der Waals surface area contributed by atoms with Gasteiger partial charge in [0.1, 0.15) is 0 Å². The topological polar surface area (TPSA) is 67.2 Å². The number of aliphatic hydroxyl groups is 1. The molecule has 0 saturated heterocycles. The Morgan fingerprint density at radius 3 is 3.00 bits per heavy atom. The lowest BCUT2D eigenvalue weighted by molar-refractivity contribution is 0.102. The van der Waals surface area contributed by atoms with E-state index < -0.39 is 0 Å². The molecule has 1 unspecified atom stereocenters. The molecule has 0 bridgehead atoms. The smallest absolute Gasteiger partial charge is 0.256 e. The summed E-state index contributed by atoms with van der Waals surface area (Å²) in [6, 6.07) is 14.0. The number of amides is 1. The summed E-state index contributed by atoms with van der Waals surface area (Å²) in [7, 11) is 0. The number of aromatic nitrogens is 2. The van der Waals surface area contributed by atoms with E-state index in [0.29, 0.717) is 24.3 Å². The van der Waals surface area contributed by atoms with Gasteiger partial charge in [-0.15, -0.1) is 0 Å². The minimum Gasteiger partial charge on any atom is -0.393 e. The highest BCUT2D eigenvalue weighted by Gasteiger charge is 2.18. The van der Waals surface area contributed by atoms with E-state index in [1.807, 2.05) is 35.0 Å². The van der Waals surface area contributed by atoms with Crippen molar-refractivity contribution in [2.45, 2.75) is 38.8 Å². The number of anilines is 1. The number of aryl methyl sites for hydroxylation is 2. The van der Waals surface area contributed by atoms with Gasteiger partial charge < -0.3 is 15.0 Å². The Labute approximate surface area is 158 Å². The highest BCUT2D eigenvalue weighted by molar-refractivity contribution is 6.03. The zero-order valence-corrected chi connectivity index (χ0v) is 15.4. The molecule has 5 heteroatoms. The van der Waals surface area contributed by atoms with Crippen molar-refractivity contribution in [1.82, 2.24) is 9.55 Å². The molecule has 0 aliphatic heterocycles. The van der Waals surface area contributed by atoms with Gasteiger partial charge in [0.2, 0.25) is 0 Å². The lowest BCUT2D eigenvalue weighted by atomic mass is 9.88. The summed E-state index contributed by atoms with van der Waals surface area (Å²) < 4.78 is 1.96. The summed E-state index contributed by atoms with van der Waals surface area (Å²) in [6.45, 7) is 2.79. The molecule has 1 atom stereocenters. The number of hydrogen-bond donors (Lipinski definition) is 2. The van der Waals surface area contributed by atoms with Gasteiger partial charge in [-0.3, -0.25) is 4.79 Å². The summed E-state index contributed by atoms with van der Waals surface area (Å²) in [5, 5.41) is 12.6. The molecule has 138 valence electrons. The SMILES string of the molecule is Cc1cccc(Cn2cnc(NC(=O)c3ccc4c(c3)CCC(O)C4)c2)c1. The van der Waals surface area contributed by atoms with E-state index in [1.54, 1.807) is 6.33 Å². The molecule has 27 heavy (non-hydrogen) atoms. The lowest BCUT2D eigenvalue weighted by Gasteiger charge is -2.20. The van der Waals surface area contributed by atoms with Crippen molar-refractivity contribution >= 4 is 11.7 Å². The summed E-state index contributed by atoms with van der Waals surface area (Å²) >= 11 is 0. The number of aliphatic hydroxyl groups excluding tert-OH is 1. The van der Waals surface area contributed by atoms with Crippen LogP contribution in [0.3, 0.4) is 0 Å². The Kier molecular flexibility index (Phi) is 4.77. The van der Waals surface area contributed by atoms with Crippen LogP contribution in [0.2, 0.25) is 0 Å². The van der Waals surface area contributed by atoms with Gasteiger partial charge in [0.25, 0.3) is 5.91 Å². The molecule has 4 rings (SSSR count). The summed E-state index contributed by atoms with van der Waals surface area (Å²) in [5.41, 5.74) is 5.33. The Balaban J connectivity index is 1.44. The van der Waals surface area contributed by atoms with Gasteiger partial charge in [0, 0.05) is 18.3 Å². The molecule has 2 N–H and O–H groups in total. The molecular formula is C22H23N3O2. The average molecular weight is 361 g/mol. The van der Waals surface area contributed by atoms with Crippen molar-refractivity contribution in [3.63, 3.8) is 0 Å². The van der Waals surface area contributed by atoms with Gasteiger partial charge in [0.05, 0.1) is 12.4 Å². The molecule has 0 radical (unpaired) electrons. The first-order chi connectivity index (χ1) is 13.1. The molecule has 0 fully saturated rings. The largest absolute Gasteiger partial charge is 0.393 e. The molecule has 1 amide bonds. The van der Waals surface area contributed by atoms with Crippen LogP contribution in [-0.2, 0) is 19.4 Å². The van der Waals surface area contributed by atoms with Crippen LogP contribution < -0.4 is 5.32 Å². The van der Waals surface area contributed by atoms with Crippen LogP contribution in [0.4, 0.5) is 5.82 Å². The first-order valence-electron chi connectivity index (χ1n) is 9.25. The third-order valence-corrected chi connectivity index (χ3v) is 4.99. The molecule has 1 aliphatic rings. The third kappa shape index (κ3) is 4.09. The average Bonchev–Trinajstić information content (AvgIpc) is 3.08. The van der Waals surface area contributed by atoms with E-state index in [4.69, 9.17) is 0 Å². The van der Waals surface area contributed by atoms with Gasteiger partial charge in [-0.05, 0) is 55.0 Å². The summed E-state index contributed by atoms with van der Waals surface area (Å²) in [6.07, 6.45) is 5.53. The van der Waals surface area contributed by atoms with Gasteiger partial charge >= 0.3 is 0 Å². The van der Waals surface area contributed by atoms with Crippen LogP contribution >= 0.6 is 0 Å². The monoisotopic (exact) mass is 361 g/mol. The highest BCUT2D eigenvalue weighted by Crippen LogP contribution is 2.23. The fourth-order valence-corrected chi connectivity index (χ4v) is 3.60. The Hall–Kier alpha value is -2.92. The maximum absolute atomic E-state index is 12.6. The Morgan fingerprint density at radius 2 is 2.15 bits per heavy atom. The Bertz CT molecular complexity index is 977. The first kappa shape index (κ1) is 17.5. The standard InChI is InChI=1S/C22H23N3O2/c1-15-3-2-4-16(9-15)12-25-13-21(23-14-25)24-22(27)19-6-5-18-11-20(26)8-7-17(18)10-19/h2-6,9-10,13-14,20,26H,7-8,11-12H2,1H3,(H,24,27). The predicted octanol–water partition coefficient (Wildman–Crippen LogP) is 3.34. The molecule has 1 aromatic heterocycles. The van der Waals surface area contributed by atoms with E-state index in [0.717, 1.165) is 24.0 Å². The third-order valence-electron chi connectivity index (χ3n) is 4.99. The number of fused-ring (bicyclic) bond motifs is 1. The molecular weight excluding hydrogens is 338 g/mol. The van der Waals surface area contributed by atoms with Crippen LogP contribution in [0.25, 0.3) is 0 Å². The Morgan fingerprint density at radius 1 is 1.26 bits per heavy atom. The van der Waals surface area contributed by atoms with Crippen molar-refractivity contribution in [1.29, 1.82) is 0 Å². The van der Waals surface area contributed by atoms with Gasteiger partial charge in [0.15, 0.2) is 5.82 Å². The van der Waals surface area contributed by atoms with E-state index in [9.17, 15) is 9.90 Å². The predicted molar refractivity (Wildman–Crippen MR) is 105 cm³/mol. The second-order valence-electron chi connectivity index (χ2n) is 7.25. The van der Waals surface area contributed by atoms with Gasteiger partial charge in [-0.1, -0.05) is 35.9 Å². The van der Waals surface area contributed by atoms with Crippen LogP contribution in [0.15, 0.2) is 55.0 Å². The maximum Gasteiger partial charge on any atom is 0.256 e. The number of carbonyl (C=O) groups is 1. The van der Waals surface area contributed by atoms with Crippen molar-refractivity contribution in [3.05, 3.63) is 82.8 Å². The summed E-state index contributed by atoms with van der Waals surface area (Å²) in [5.74, 6) is 0.380. The van der Waals surface area contributed by atoms with Crippen molar-refractivity contribution in [3.8, 4) is 0 Å². The van der Waals surface area contributed by atoms with Crippen LogP contribution in [0.1, 0.15) is 39.0 Å². The van der Waals surface area contributed by atoms with Crippen molar-refractivity contribution in [2.75, 3.05) is 5.32 Å². The zero-order chi connectivity index (χ0) is 18.8. The normalized spacial score (nSPS) is 16.0. The van der Waals surface area contributed by atoms with Crippen molar-refractivity contribution < 1.29 is 9.90 Å². The number of benzene rings is 2. The number of nitrogens with zero attached hydrogens (tertiary/aromatic N) is 2. The first-order valence-corrected chi connectivity index (χ1v) is 9.25. The van der Waals surface area contributed by atoms with E-state index in [1.165, 1.54) is 11.1 Å². The molecule has 3 aromatic rings. The fraction of sp³-hybridized carbons (Fsp3) is 0.273. The number of hydrogen-bond acceptors (Lipinski definition) is 3. The summed E-state index contributed by atoms with van der Waals surface area (Å²) in [4.78, 5) is 16.9. The molecule has 2 aromatic carbocycles. The molecule has 1 heterocycles. The number of imidazole rings is 1. The minimum absolute atomic E-state index is 0.162. The van der Waals surface area contributed by atoms with Crippen LogP contribution in [0.5, 0.6) is 0 Å². The minimum atomic E-state index is -0.269. The van der Waals surface area contributed by atoms with Gasteiger partial charge in [-0.25, -0.2) is 4.98 Å². The number of nitrogens with one attached hydrogen (secondary N) is 1. The molecule has 0 spiro atoms. The van der Waals surface area contributed by atoms with E-state index in [-0.39, 0.29) is 12.0 Å². The molecule has 0 saturated carbocycles. The zero-order valence-electron chi connectivity index (χ0n) is 15.4. The maximum atomic E-state index is 12.6. The second kappa shape index (κ2) is 7.37. The van der Waals surface area contributed by atoms with Crippen molar-refractivity contribution in [2.24, 2.45) is 0 Å². The lowest BCUT2D eigenvalue weighted by Crippen LogP contribution is -2.20. The molecule has 5 nitrogen and oxygen atoms in total. The second-order valence-corrected chi connectivity index (χ2v) is 7.25. The van der Waals surface area contributed by atoms with Crippen LogP contribution in [0, 0.1) is 6.92 Å². The van der Waals surface area contributed by atoms with Crippen LogP contribution in [-0.4, -0.2) is 26.7 Å². The number of rotatable bonds is 4. The van der Waals surface area contributed by atoms with E-state index in [2.05, 4.69) is 35.4 Å².